The highest BCUT2D eigenvalue weighted by Crippen LogP contribution is 2.29. The first-order valence-electron chi connectivity index (χ1n) is 7.77. The number of methoxy groups -OCH3 is 1. The maximum atomic E-state index is 12.2. The van der Waals surface area contributed by atoms with Crippen molar-refractivity contribution in [1.82, 2.24) is 0 Å². The van der Waals surface area contributed by atoms with E-state index >= 15 is 0 Å². The molecule has 0 heterocycles. The van der Waals surface area contributed by atoms with E-state index in [1.807, 2.05) is 0 Å². The predicted molar refractivity (Wildman–Crippen MR) is 89.6 cm³/mol. The van der Waals surface area contributed by atoms with Gasteiger partial charge in [0.2, 0.25) is 0 Å². The summed E-state index contributed by atoms with van der Waals surface area (Å²) < 4.78 is 20.3. The van der Waals surface area contributed by atoms with Gasteiger partial charge in [-0.1, -0.05) is 13.5 Å². The number of hydrogen-bond acceptors (Lipinski definition) is 7. The number of hydrogen-bond donors (Lipinski definition) is 0. The van der Waals surface area contributed by atoms with Crippen molar-refractivity contribution in [3.63, 3.8) is 0 Å². The number of ether oxygens (including phenoxy) is 4. The summed E-state index contributed by atoms with van der Waals surface area (Å²) in [5.41, 5.74) is 0.446. The third-order valence-electron chi connectivity index (χ3n) is 3.12. The van der Waals surface area contributed by atoms with Crippen LogP contribution in [0.2, 0.25) is 0 Å². The molecule has 7 heteroatoms. The molecule has 1 unspecified atom stereocenters. The molecule has 7 nitrogen and oxygen atoms in total. The molecule has 136 valence electrons. The van der Waals surface area contributed by atoms with Crippen molar-refractivity contribution in [1.29, 1.82) is 0 Å². The molecule has 0 saturated carbocycles. The average Bonchev–Trinajstić information content (AvgIpc) is 2.59. The Morgan fingerprint density at radius 2 is 1.84 bits per heavy atom. The smallest absolute Gasteiger partial charge is 0.352 e. The zero-order valence-electron chi connectivity index (χ0n) is 14.8. The zero-order valence-corrected chi connectivity index (χ0v) is 14.8. The van der Waals surface area contributed by atoms with E-state index < -0.39 is 24.0 Å². The van der Waals surface area contributed by atoms with E-state index in [1.54, 1.807) is 13.8 Å². The minimum atomic E-state index is -1.07. The third kappa shape index (κ3) is 5.63. The lowest BCUT2D eigenvalue weighted by atomic mass is 10.2. The topological polar surface area (TPSA) is 88.1 Å². The van der Waals surface area contributed by atoms with Gasteiger partial charge in [0, 0.05) is 5.57 Å². The predicted octanol–water partition coefficient (Wildman–Crippen LogP) is 2.68. The van der Waals surface area contributed by atoms with E-state index in [2.05, 4.69) is 6.58 Å². The molecule has 1 atom stereocenters. The van der Waals surface area contributed by atoms with Gasteiger partial charge in [-0.15, -0.1) is 0 Å². The molecule has 0 bridgehead atoms. The molecule has 0 spiro atoms. The van der Waals surface area contributed by atoms with Gasteiger partial charge in [0.05, 0.1) is 19.3 Å². The molecule has 0 saturated heterocycles. The first kappa shape index (κ1) is 20.2. The molecular weight excluding hydrogens is 328 g/mol. The zero-order chi connectivity index (χ0) is 19.0. The van der Waals surface area contributed by atoms with Gasteiger partial charge in [0.25, 0.3) is 0 Å². The molecule has 0 aliphatic heterocycles. The van der Waals surface area contributed by atoms with Crippen LogP contribution in [0.5, 0.6) is 11.5 Å². The van der Waals surface area contributed by atoms with Gasteiger partial charge in [0.15, 0.2) is 17.6 Å². The third-order valence-corrected chi connectivity index (χ3v) is 3.12. The first-order valence-corrected chi connectivity index (χ1v) is 7.77. The van der Waals surface area contributed by atoms with Crippen molar-refractivity contribution in [2.24, 2.45) is 0 Å². The summed E-state index contributed by atoms with van der Waals surface area (Å²) in [6, 6.07) is 4.27. The molecule has 0 amide bonds. The number of benzene rings is 1. The highest BCUT2D eigenvalue weighted by Gasteiger charge is 2.25. The fraction of sp³-hybridized carbons (Fsp3) is 0.389. The standard InChI is InChI=1S/C18H22O7/c1-6-13(24-16(19)11(3)4)18(21)25-14-9-8-12(10-15(14)22-5)17(20)23-7-2/h8-10,13H,3,6-7H2,1-2,4-5H3. The van der Waals surface area contributed by atoms with Crippen LogP contribution in [0.4, 0.5) is 0 Å². The summed E-state index contributed by atoms with van der Waals surface area (Å²) in [4.78, 5) is 35.5. The van der Waals surface area contributed by atoms with Crippen LogP contribution in [-0.2, 0) is 19.1 Å². The fourth-order valence-corrected chi connectivity index (χ4v) is 1.80. The van der Waals surface area contributed by atoms with E-state index in [9.17, 15) is 14.4 Å². The SMILES string of the molecule is C=C(C)C(=O)OC(CC)C(=O)Oc1ccc(C(=O)OCC)cc1OC. The van der Waals surface area contributed by atoms with E-state index in [0.29, 0.717) is 0 Å². The lowest BCUT2D eigenvalue weighted by molar-refractivity contribution is -0.159. The Bertz CT molecular complexity index is 663. The monoisotopic (exact) mass is 350 g/mol. The van der Waals surface area contributed by atoms with Gasteiger partial charge in [-0.05, 0) is 38.5 Å². The normalized spacial score (nSPS) is 11.2. The van der Waals surface area contributed by atoms with Crippen molar-refractivity contribution in [3.8, 4) is 11.5 Å². The van der Waals surface area contributed by atoms with Crippen LogP contribution in [0.15, 0.2) is 30.4 Å². The van der Waals surface area contributed by atoms with Crippen LogP contribution in [0.3, 0.4) is 0 Å². The average molecular weight is 350 g/mol. The Morgan fingerprint density at radius 3 is 2.36 bits per heavy atom. The van der Waals surface area contributed by atoms with Gasteiger partial charge < -0.3 is 18.9 Å². The second kappa shape index (κ2) is 9.46. The Morgan fingerprint density at radius 1 is 1.16 bits per heavy atom. The second-order valence-electron chi connectivity index (χ2n) is 5.09. The van der Waals surface area contributed by atoms with E-state index in [1.165, 1.54) is 32.2 Å². The number of esters is 3. The summed E-state index contributed by atoms with van der Waals surface area (Å²) in [6.07, 6.45) is -0.834. The van der Waals surface area contributed by atoms with Crippen LogP contribution in [0.25, 0.3) is 0 Å². The number of carbonyl (C=O) groups excluding carboxylic acids is 3. The van der Waals surface area contributed by atoms with Crippen molar-refractivity contribution in [3.05, 3.63) is 35.9 Å². The maximum Gasteiger partial charge on any atom is 0.352 e. The molecule has 1 aromatic carbocycles. The molecule has 0 aliphatic carbocycles. The first-order chi connectivity index (χ1) is 11.8. The van der Waals surface area contributed by atoms with E-state index in [0.717, 1.165) is 0 Å². The Balaban J connectivity index is 2.93. The summed E-state index contributed by atoms with van der Waals surface area (Å²) >= 11 is 0. The Kier molecular flexibility index (Phi) is 7.65. The number of rotatable bonds is 8. The lowest BCUT2D eigenvalue weighted by Crippen LogP contribution is -2.30. The minimum Gasteiger partial charge on any atom is -0.493 e. The summed E-state index contributed by atoms with van der Waals surface area (Å²) in [5, 5.41) is 0. The molecular formula is C18H22O7. The fourth-order valence-electron chi connectivity index (χ4n) is 1.80. The lowest BCUT2D eigenvalue weighted by Gasteiger charge is -2.16. The second-order valence-corrected chi connectivity index (χ2v) is 5.09. The summed E-state index contributed by atoms with van der Waals surface area (Å²) in [5.74, 6) is -1.65. The molecule has 0 radical (unpaired) electrons. The van der Waals surface area contributed by atoms with Crippen molar-refractivity contribution < 1.29 is 33.3 Å². The van der Waals surface area contributed by atoms with Crippen LogP contribution >= 0.6 is 0 Å². The van der Waals surface area contributed by atoms with Crippen LogP contribution in [-0.4, -0.2) is 37.7 Å². The Labute approximate surface area is 146 Å². The molecule has 0 fully saturated rings. The van der Waals surface area contributed by atoms with Crippen molar-refractivity contribution in [2.75, 3.05) is 13.7 Å². The molecule has 0 aromatic heterocycles. The van der Waals surface area contributed by atoms with E-state index in [-0.39, 0.29) is 35.7 Å². The molecule has 1 aromatic rings. The van der Waals surface area contributed by atoms with Gasteiger partial charge >= 0.3 is 17.9 Å². The maximum absolute atomic E-state index is 12.2. The molecule has 0 aliphatic rings. The quantitative estimate of drug-likeness (QED) is 0.404. The van der Waals surface area contributed by atoms with Crippen LogP contribution < -0.4 is 9.47 Å². The highest BCUT2D eigenvalue weighted by atomic mass is 16.6. The van der Waals surface area contributed by atoms with Gasteiger partial charge in [-0.2, -0.15) is 0 Å². The summed E-state index contributed by atoms with van der Waals surface area (Å²) in [7, 11) is 1.38. The molecule has 0 N–H and O–H groups in total. The molecule has 1 rings (SSSR count). The van der Waals surface area contributed by atoms with Gasteiger partial charge in [0.1, 0.15) is 0 Å². The minimum absolute atomic E-state index is 0.102. The number of carbonyl (C=O) groups is 3. The van der Waals surface area contributed by atoms with Crippen molar-refractivity contribution in [2.45, 2.75) is 33.3 Å². The highest BCUT2D eigenvalue weighted by molar-refractivity contribution is 5.91. The van der Waals surface area contributed by atoms with Crippen molar-refractivity contribution >= 4 is 17.9 Å². The van der Waals surface area contributed by atoms with E-state index in [4.69, 9.17) is 18.9 Å². The summed E-state index contributed by atoms with van der Waals surface area (Å²) in [6.45, 7) is 8.56. The molecule has 25 heavy (non-hydrogen) atoms. The largest absolute Gasteiger partial charge is 0.493 e. The Hall–Kier alpha value is -2.83. The van der Waals surface area contributed by atoms with Crippen LogP contribution in [0.1, 0.15) is 37.6 Å². The van der Waals surface area contributed by atoms with Gasteiger partial charge in [-0.25, -0.2) is 14.4 Å². The van der Waals surface area contributed by atoms with Gasteiger partial charge in [-0.3, -0.25) is 0 Å². The van der Waals surface area contributed by atoms with Crippen LogP contribution in [0, 0.1) is 0 Å².